The molecule has 7 heteroatoms. The summed E-state index contributed by atoms with van der Waals surface area (Å²) in [5.74, 6) is -0.178. The minimum Gasteiger partial charge on any atom is -0.404 e. The summed E-state index contributed by atoms with van der Waals surface area (Å²) in [6, 6.07) is 14.0. The fourth-order valence-corrected chi connectivity index (χ4v) is 2.80. The van der Waals surface area contributed by atoms with E-state index in [9.17, 15) is 9.36 Å². The highest BCUT2D eigenvalue weighted by Crippen LogP contribution is 2.40. The van der Waals surface area contributed by atoms with Crippen LogP contribution in [0.4, 0.5) is 5.69 Å². The minimum absolute atomic E-state index is 0.105. The molecule has 0 saturated heterocycles. The highest BCUT2D eigenvalue weighted by Gasteiger charge is 2.24. The molecule has 2 aromatic carbocycles. The van der Waals surface area contributed by atoms with Crippen molar-refractivity contribution in [3.05, 3.63) is 72.3 Å². The monoisotopic (exact) mass is 361 g/mol. The Labute approximate surface area is 146 Å². The second-order valence-electron chi connectivity index (χ2n) is 6.01. The number of phosphoric ester groups is 1. The predicted molar refractivity (Wildman–Crippen MR) is 96.5 cm³/mol. The van der Waals surface area contributed by atoms with E-state index in [1.807, 2.05) is 32.0 Å². The molecule has 132 valence electrons. The third-order valence-electron chi connectivity index (χ3n) is 3.84. The number of hydrogen-bond acceptors (Lipinski definition) is 3. The summed E-state index contributed by atoms with van der Waals surface area (Å²) in [6.45, 7) is 7.38. The molecular weight excluding hydrogens is 341 g/mol. The maximum atomic E-state index is 11.3. The van der Waals surface area contributed by atoms with Gasteiger partial charge in [-0.2, -0.15) is 0 Å². The van der Waals surface area contributed by atoms with Crippen molar-refractivity contribution in [1.29, 1.82) is 0 Å². The van der Waals surface area contributed by atoms with Crippen molar-refractivity contribution < 1.29 is 23.7 Å². The van der Waals surface area contributed by atoms with Gasteiger partial charge in [0, 0.05) is 11.1 Å². The van der Waals surface area contributed by atoms with E-state index in [1.165, 1.54) is 12.1 Å². The molecule has 0 saturated carbocycles. The Morgan fingerprint density at radius 3 is 2.36 bits per heavy atom. The molecule has 2 rings (SSSR count). The van der Waals surface area contributed by atoms with Crippen LogP contribution in [0.25, 0.3) is 0 Å². The zero-order valence-electron chi connectivity index (χ0n) is 14.0. The molecule has 0 aromatic heterocycles. The zero-order chi connectivity index (χ0) is 18.7. The molecule has 6 nitrogen and oxygen atoms in total. The maximum Gasteiger partial charge on any atom is 0.524 e. The molecule has 0 bridgehead atoms. The SMILES string of the molecule is C=CC(=O)Nc1ccc(C(C)(C)c2cccc(OP(=O)(O)O)c2)cc1. The van der Waals surface area contributed by atoms with Crippen LogP contribution in [0.2, 0.25) is 0 Å². The standard InChI is InChI=1S/C18H20NO5P/c1-4-17(20)19-15-10-8-13(9-11-15)18(2,3)14-6-5-7-16(12-14)24-25(21,22)23/h4-12H,1H2,2-3H3,(H,19,20)(H2,21,22,23). The molecule has 0 atom stereocenters. The van der Waals surface area contributed by atoms with Gasteiger partial charge < -0.3 is 9.84 Å². The second-order valence-corrected chi connectivity index (χ2v) is 7.17. The van der Waals surface area contributed by atoms with Gasteiger partial charge in [0.1, 0.15) is 5.75 Å². The van der Waals surface area contributed by atoms with Crippen LogP contribution >= 0.6 is 7.82 Å². The van der Waals surface area contributed by atoms with E-state index in [4.69, 9.17) is 9.79 Å². The van der Waals surface area contributed by atoms with E-state index in [1.54, 1.807) is 24.3 Å². The van der Waals surface area contributed by atoms with E-state index in [0.717, 1.165) is 11.1 Å². The molecule has 0 aliphatic rings. The van der Waals surface area contributed by atoms with E-state index in [-0.39, 0.29) is 11.7 Å². The number of phosphoric acid groups is 1. The highest BCUT2D eigenvalue weighted by atomic mass is 31.2. The van der Waals surface area contributed by atoms with Crippen LogP contribution in [0, 0.1) is 0 Å². The third kappa shape index (κ3) is 5.03. The van der Waals surface area contributed by atoms with E-state index in [2.05, 4.69) is 16.4 Å². The van der Waals surface area contributed by atoms with Crippen molar-refractivity contribution in [3.63, 3.8) is 0 Å². The largest absolute Gasteiger partial charge is 0.524 e. The van der Waals surface area contributed by atoms with Gasteiger partial charge in [0.25, 0.3) is 0 Å². The van der Waals surface area contributed by atoms with Crippen LogP contribution < -0.4 is 9.84 Å². The number of anilines is 1. The normalized spacial score (nSPS) is 11.7. The summed E-state index contributed by atoms with van der Waals surface area (Å²) in [6.07, 6.45) is 1.20. The van der Waals surface area contributed by atoms with E-state index in [0.29, 0.717) is 5.69 Å². The minimum atomic E-state index is -4.60. The molecule has 0 aliphatic carbocycles. The van der Waals surface area contributed by atoms with Gasteiger partial charge in [-0.05, 0) is 41.5 Å². The van der Waals surface area contributed by atoms with Crippen molar-refractivity contribution in [2.24, 2.45) is 0 Å². The van der Waals surface area contributed by atoms with Crippen molar-refractivity contribution in [1.82, 2.24) is 0 Å². The third-order valence-corrected chi connectivity index (χ3v) is 4.29. The lowest BCUT2D eigenvalue weighted by molar-refractivity contribution is -0.111. The van der Waals surface area contributed by atoms with Crippen LogP contribution in [0.5, 0.6) is 5.75 Å². The second kappa shape index (κ2) is 7.23. The van der Waals surface area contributed by atoms with E-state index >= 15 is 0 Å². The van der Waals surface area contributed by atoms with Crippen molar-refractivity contribution >= 4 is 19.4 Å². The van der Waals surface area contributed by atoms with Gasteiger partial charge in [0.2, 0.25) is 5.91 Å². The summed E-state index contributed by atoms with van der Waals surface area (Å²) < 4.78 is 15.7. The average molecular weight is 361 g/mol. The first-order valence-corrected chi connectivity index (χ1v) is 9.04. The van der Waals surface area contributed by atoms with Crippen LogP contribution in [-0.4, -0.2) is 15.7 Å². The summed E-state index contributed by atoms with van der Waals surface area (Å²) >= 11 is 0. The first-order chi connectivity index (χ1) is 11.6. The molecule has 2 aromatic rings. The zero-order valence-corrected chi connectivity index (χ0v) is 14.9. The molecule has 0 heterocycles. The Morgan fingerprint density at radius 2 is 1.80 bits per heavy atom. The molecular formula is C18H20NO5P. The number of amides is 1. The first kappa shape index (κ1) is 18.9. The number of benzene rings is 2. The Balaban J connectivity index is 2.28. The molecule has 0 spiro atoms. The van der Waals surface area contributed by atoms with Gasteiger partial charge in [-0.25, -0.2) is 4.57 Å². The molecule has 1 amide bonds. The predicted octanol–water partition coefficient (Wildman–Crippen LogP) is 3.61. The number of carbonyl (C=O) groups is 1. The summed E-state index contributed by atoms with van der Waals surface area (Å²) in [4.78, 5) is 29.2. The maximum absolute atomic E-state index is 11.3. The number of hydrogen-bond donors (Lipinski definition) is 3. The van der Waals surface area contributed by atoms with Gasteiger partial charge in [0.15, 0.2) is 0 Å². The summed E-state index contributed by atoms with van der Waals surface area (Å²) in [5.41, 5.74) is 2.02. The molecule has 0 fully saturated rings. The molecule has 0 radical (unpaired) electrons. The van der Waals surface area contributed by atoms with Crippen molar-refractivity contribution in [2.75, 3.05) is 5.32 Å². The van der Waals surface area contributed by atoms with Crippen LogP contribution in [-0.2, 0) is 14.8 Å². The van der Waals surface area contributed by atoms with Crippen molar-refractivity contribution in [2.45, 2.75) is 19.3 Å². The Hall–Kier alpha value is -2.40. The summed E-state index contributed by atoms with van der Waals surface area (Å²) in [7, 11) is -4.60. The van der Waals surface area contributed by atoms with Crippen molar-refractivity contribution in [3.8, 4) is 5.75 Å². The molecule has 0 unspecified atom stereocenters. The smallest absolute Gasteiger partial charge is 0.404 e. The van der Waals surface area contributed by atoms with Crippen LogP contribution in [0.1, 0.15) is 25.0 Å². The highest BCUT2D eigenvalue weighted by molar-refractivity contribution is 7.46. The fourth-order valence-electron chi connectivity index (χ4n) is 2.41. The van der Waals surface area contributed by atoms with Gasteiger partial charge in [0.05, 0.1) is 0 Å². The lowest BCUT2D eigenvalue weighted by atomic mass is 9.78. The number of carbonyl (C=O) groups excluding carboxylic acids is 1. The van der Waals surface area contributed by atoms with Gasteiger partial charge in [-0.3, -0.25) is 14.6 Å². The van der Waals surface area contributed by atoms with E-state index < -0.39 is 13.2 Å². The van der Waals surface area contributed by atoms with Crippen LogP contribution in [0.3, 0.4) is 0 Å². The van der Waals surface area contributed by atoms with Gasteiger partial charge in [-0.15, -0.1) is 0 Å². The first-order valence-electron chi connectivity index (χ1n) is 7.51. The topological polar surface area (TPSA) is 95.9 Å². The Kier molecular flexibility index (Phi) is 5.48. The van der Waals surface area contributed by atoms with Gasteiger partial charge >= 0.3 is 7.82 Å². The average Bonchev–Trinajstić information content (AvgIpc) is 2.54. The molecule has 0 aliphatic heterocycles. The molecule has 25 heavy (non-hydrogen) atoms. The Bertz CT molecular complexity index is 824. The lowest BCUT2D eigenvalue weighted by Gasteiger charge is -2.27. The quantitative estimate of drug-likeness (QED) is 0.540. The lowest BCUT2D eigenvalue weighted by Crippen LogP contribution is -2.19. The fraction of sp³-hybridized carbons (Fsp3) is 0.167. The molecule has 3 N–H and O–H groups in total. The number of nitrogens with one attached hydrogen (secondary N) is 1. The summed E-state index contributed by atoms with van der Waals surface area (Å²) in [5, 5.41) is 2.68. The van der Waals surface area contributed by atoms with Gasteiger partial charge in [-0.1, -0.05) is 44.7 Å². The van der Waals surface area contributed by atoms with Crippen LogP contribution in [0.15, 0.2) is 61.2 Å². The Morgan fingerprint density at radius 1 is 1.16 bits per heavy atom. The number of rotatable bonds is 6.